The second-order valence-electron chi connectivity index (χ2n) is 6.69. The lowest BCUT2D eigenvalue weighted by molar-refractivity contribution is 0.0186. The number of benzene rings is 1. The number of carbonyl (C=O) groups is 1. The highest BCUT2D eigenvalue weighted by Crippen LogP contribution is 2.28. The molecule has 1 saturated heterocycles. The van der Waals surface area contributed by atoms with E-state index >= 15 is 0 Å². The number of likely N-dealkylation sites (tertiary alicyclic amines) is 1. The second-order valence-corrected chi connectivity index (χ2v) is 6.69. The smallest absolute Gasteiger partial charge is 0.410 e. The number of nitrogens with zero attached hydrogens (tertiary/aromatic N) is 1. The number of amides is 1. The zero-order valence-electron chi connectivity index (χ0n) is 13.1. The van der Waals surface area contributed by atoms with Gasteiger partial charge in [0.1, 0.15) is 17.2 Å². The molecule has 22 heavy (non-hydrogen) atoms. The third-order valence-electron chi connectivity index (χ3n) is 3.63. The highest BCUT2D eigenvalue weighted by Gasteiger charge is 2.33. The van der Waals surface area contributed by atoms with Crippen LogP contribution in [0.25, 0.3) is 0 Å². The number of ether oxygens (including phenoxy) is 1. The van der Waals surface area contributed by atoms with Gasteiger partial charge < -0.3 is 15.4 Å². The molecule has 1 aromatic rings. The van der Waals surface area contributed by atoms with E-state index in [-0.39, 0.29) is 12.0 Å². The minimum absolute atomic E-state index is 0.250. The highest BCUT2D eigenvalue weighted by molar-refractivity contribution is 5.68. The predicted molar refractivity (Wildman–Crippen MR) is 79.5 cm³/mol. The lowest BCUT2D eigenvalue weighted by atomic mass is 9.86. The van der Waals surface area contributed by atoms with Crippen LogP contribution in [-0.4, -0.2) is 35.7 Å². The van der Waals surface area contributed by atoms with Crippen molar-refractivity contribution in [2.45, 2.75) is 44.8 Å². The normalized spacial score (nSPS) is 22.5. The maximum absolute atomic E-state index is 13.4. The summed E-state index contributed by atoms with van der Waals surface area (Å²) in [6.45, 7) is 6.14. The highest BCUT2D eigenvalue weighted by atomic mass is 19.1. The van der Waals surface area contributed by atoms with E-state index in [0.29, 0.717) is 25.1 Å². The van der Waals surface area contributed by atoms with Crippen LogP contribution in [0.4, 0.5) is 13.6 Å². The first-order valence-electron chi connectivity index (χ1n) is 7.35. The Morgan fingerprint density at radius 1 is 1.27 bits per heavy atom. The summed E-state index contributed by atoms with van der Waals surface area (Å²) in [7, 11) is 0. The predicted octanol–water partition coefficient (Wildman–Crippen LogP) is 3.02. The van der Waals surface area contributed by atoms with Crippen LogP contribution >= 0.6 is 0 Å². The van der Waals surface area contributed by atoms with Crippen molar-refractivity contribution >= 4 is 6.09 Å². The van der Waals surface area contributed by atoms with E-state index in [1.54, 1.807) is 25.7 Å². The molecule has 6 heteroatoms. The number of halogens is 2. The maximum atomic E-state index is 13.4. The molecule has 1 aromatic carbocycles. The van der Waals surface area contributed by atoms with E-state index in [4.69, 9.17) is 10.5 Å². The van der Waals surface area contributed by atoms with Crippen LogP contribution in [0.1, 0.15) is 38.7 Å². The summed E-state index contributed by atoms with van der Waals surface area (Å²) in [6.07, 6.45) is 0.128. The van der Waals surface area contributed by atoms with Crippen molar-refractivity contribution in [3.63, 3.8) is 0 Å². The Bertz CT molecular complexity index is 537. The van der Waals surface area contributed by atoms with E-state index in [0.717, 1.165) is 6.07 Å². The van der Waals surface area contributed by atoms with Gasteiger partial charge in [-0.3, -0.25) is 0 Å². The molecule has 4 nitrogen and oxygen atoms in total. The van der Waals surface area contributed by atoms with E-state index in [9.17, 15) is 13.6 Å². The molecular weight excluding hydrogens is 290 g/mol. The van der Waals surface area contributed by atoms with Crippen LogP contribution in [0.3, 0.4) is 0 Å². The zero-order chi connectivity index (χ0) is 16.5. The fourth-order valence-corrected chi connectivity index (χ4v) is 2.60. The molecule has 2 N–H and O–H groups in total. The molecule has 1 heterocycles. The van der Waals surface area contributed by atoms with Gasteiger partial charge in [-0.1, -0.05) is 0 Å². The molecular formula is C16H22F2N2O2. The summed E-state index contributed by atoms with van der Waals surface area (Å²) in [5.74, 6) is -1.60. The van der Waals surface area contributed by atoms with Gasteiger partial charge in [-0.2, -0.15) is 0 Å². The Kier molecular flexibility index (Phi) is 4.70. The maximum Gasteiger partial charge on any atom is 0.410 e. The largest absolute Gasteiger partial charge is 0.444 e. The third kappa shape index (κ3) is 4.16. The number of hydrogen-bond acceptors (Lipinski definition) is 3. The molecule has 0 unspecified atom stereocenters. The molecule has 2 rings (SSSR count). The van der Waals surface area contributed by atoms with Gasteiger partial charge in [-0.25, -0.2) is 13.6 Å². The van der Waals surface area contributed by atoms with Gasteiger partial charge in [0, 0.05) is 31.1 Å². The van der Waals surface area contributed by atoms with E-state index in [1.165, 1.54) is 12.1 Å². The van der Waals surface area contributed by atoms with Crippen molar-refractivity contribution in [3.05, 3.63) is 35.4 Å². The van der Waals surface area contributed by atoms with Gasteiger partial charge in [-0.05, 0) is 44.9 Å². The van der Waals surface area contributed by atoms with Crippen LogP contribution in [0, 0.1) is 11.6 Å². The minimum atomic E-state index is -0.642. The molecule has 2 atom stereocenters. The monoisotopic (exact) mass is 312 g/mol. The first-order chi connectivity index (χ1) is 10.2. The first-order valence-corrected chi connectivity index (χ1v) is 7.35. The summed E-state index contributed by atoms with van der Waals surface area (Å²) in [6, 6.07) is 3.11. The van der Waals surface area contributed by atoms with Crippen molar-refractivity contribution in [2.24, 2.45) is 5.73 Å². The van der Waals surface area contributed by atoms with Crippen molar-refractivity contribution in [1.29, 1.82) is 0 Å². The van der Waals surface area contributed by atoms with Crippen LogP contribution in [0.2, 0.25) is 0 Å². The fraction of sp³-hybridized carbons (Fsp3) is 0.562. The van der Waals surface area contributed by atoms with Crippen LogP contribution in [0.15, 0.2) is 18.2 Å². The topological polar surface area (TPSA) is 55.6 Å². The zero-order valence-corrected chi connectivity index (χ0v) is 13.1. The van der Waals surface area contributed by atoms with Crippen LogP contribution < -0.4 is 5.73 Å². The summed E-state index contributed by atoms with van der Waals surface area (Å²) < 4.78 is 32.1. The minimum Gasteiger partial charge on any atom is -0.444 e. The average Bonchev–Trinajstić information content (AvgIpc) is 2.35. The van der Waals surface area contributed by atoms with Gasteiger partial charge in [0.05, 0.1) is 0 Å². The van der Waals surface area contributed by atoms with E-state index in [1.807, 2.05) is 0 Å². The average molecular weight is 312 g/mol. The number of hydrogen-bond donors (Lipinski definition) is 1. The van der Waals surface area contributed by atoms with E-state index in [2.05, 4.69) is 0 Å². The fourth-order valence-electron chi connectivity index (χ4n) is 2.60. The number of nitrogens with two attached hydrogens (primary N) is 1. The third-order valence-corrected chi connectivity index (χ3v) is 3.63. The Morgan fingerprint density at radius 2 is 1.86 bits per heavy atom. The van der Waals surface area contributed by atoms with Gasteiger partial charge >= 0.3 is 6.09 Å². The molecule has 1 amide bonds. The van der Waals surface area contributed by atoms with Crippen molar-refractivity contribution < 1.29 is 18.3 Å². The molecule has 0 radical (unpaired) electrons. The Morgan fingerprint density at radius 3 is 2.41 bits per heavy atom. The van der Waals surface area contributed by atoms with Crippen molar-refractivity contribution in [3.8, 4) is 0 Å². The molecule has 0 aromatic heterocycles. The molecule has 1 aliphatic heterocycles. The lowest BCUT2D eigenvalue weighted by Crippen LogP contribution is -2.49. The molecule has 0 saturated carbocycles. The van der Waals surface area contributed by atoms with Gasteiger partial charge in [0.25, 0.3) is 0 Å². The van der Waals surface area contributed by atoms with Crippen LogP contribution in [-0.2, 0) is 4.74 Å². The lowest BCUT2D eigenvalue weighted by Gasteiger charge is -2.37. The van der Waals surface area contributed by atoms with Gasteiger partial charge in [0.15, 0.2) is 0 Å². The summed E-state index contributed by atoms with van der Waals surface area (Å²) in [4.78, 5) is 13.7. The Hall–Kier alpha value is -1.69. The van der Waals surface area contributed by atoms with Gasteiger partial charge in [-0.15, -0.1) is 0 Å². The second kappa shape index (κ2) is 6.20. The molecule has 0 bridgehead atoms. The number of carbonyl (C=O) groups excluding carboxylic acids is 1. The number of piperidine rings is 1. The first kappa shape index (κ1) is 16.7. The van der Waals surface area contributed by atoms with E-state index < -0.39 is 23.3 Å². The SMILES string of the molecule is CC(C)(C)OC(=O)N1CC[C@@H](N)[C@@H](c2cc(F)cc(F)c2)C1. The van der Waals surface area contributed by atoms with Gasteiger partial charge in [0.2, 0.25) is 0 Å². The molecule has 0 aliphatic carbocycles. The Labute approximate surface area is 129 Å². The standard InChI is InChI=1S/C16H22F2N2O2/c1-16(2,3)22-15(21)20-5-4-14(19)13(9-20)10-6-11(17)8-12(18)7-10/h6-8,13-14H,4-5,9,19H2,1-3H3/t13-,14-/m1/s1. The molecule has 122 valence electrons. The molecule has 1 aliphatic rings. The number of rotatable bonds is 1. The summed E-state index contributed by atoms with van der Waals surface area (Å²) in [5.41, 5.74) is 5.96. The van der Waals surface area contributed by atoms with Crippen molar-refractivity contribution in [2.75, 3.05) is 13.1 Å². The quantitative estimate of drug-likeness (QED) is 0.867. The molecule has 0 spiro atoms. The summed E-state index contributed by atoms with van der Waals surface area (Å²) in [5, 5.41) is 0. The summed E-state index contributed by atoms with van der Waals surface area (Å²) >= 11 is 0. The molecule has 1 fully saturated rings. The Balaban J connectivity index is 2.16. The van der Waals surface area contributed by atoms with Crippen molar-refractivity contribution in [1.82, 2.24) is 4.90 Å². The van der Waals surface area contributed by atoms with Crippen LogP contribution in [0.5, 0.6) is 0 Å².